The highest BCUT2D eigenvalue weighted by atomic mass is 15.3. The van der Waals surface area contributed by atoms with Crippen LogP contribution in [0.4, 0.5) is 0 Å². The predicted molar refractivity (Wildman–Crippen MR) is 53.1 cm³/mol. The Kier molecular flexibility index (Phi) is 4.53. The van der Waals surface area contributed by atoms with Gasteiger partial charge in [0.2, 0.25) is 0 Å². The van der Waals surface area contributed by atoms with Crippen molar-refractivity contribution in [1.82, 2.24) is 9.80 Å². The van der Waals surface area contributed by atoms with Gasteiger partial charge in [-0.2, -0.15) is 0 Å². The van der Waals surface area contributed by atoms with Gasteiger partial charge in [0, 0.05) is 53.8 Å². The van der Waals surface area contributed by atoms with Crippen LogP contribution in [0.1, 0.15) is 1.43 Å². The zero-order chi connectivity index (χ0) is 8.81. The van der Waals surface area contributed by atoms with Gasteiger partial charge in [-0.05, 0) is 0 Å². The van der Waals surface area contributed by atoms with Gasteiger partial charge in [0.1, 0.15) is 0 Å². The third-order valence-electron chi connectivity index (χ3n) is 2.36. The maximum Gasteiger partial charge on any atom is 0.0110 e. The molecule has 0 atom stereocenters. The third-order valence-corrected chi connectivity index (χ3v) is 2.36. The Morgan fingerprint density at radius 2 is 1.17 bits per heavy atom. The topological polar surface area (TPSA) is 58.5 Å². The van der Waals surface area contributed by atoms with E-state index in [0.29, 0.717) is 0 Å². The quantitative estimate of drug-likeness (QED) is 0.560. The van der Waals surface area contributed by atoms with Gasteiger partial charge in [-0.1, -0.05) is 0 Å². The Morgan fingerprint density at radius 3 is 1.42 bits per heavy atom. The largest absolute Gasteiger partial charge is 0.329 e. The number of rotatable bonds is 4. The molecule has 0 saturated carbocycles. The highest BCUT2D eigenvalue weighted by molar-refractivity contribution is 4.71. The summed E-state index contributed by atoms with van der Waals surface area (Å²) in [5.74, 6) is 0. The van der Waals surface area contributed by atoms with Crippen molar-refractivity contribution in [3.05, 3.63) is 0 Å². The maximum atomic E-state index is 5.48. The lowest BCUT2D eigenvalue weighted by atomic mass is 10.3. The minimum atomic E-state index is 0. The molecule has 0 radical (unpaired) electrons. The first-order chi connectivity index (χ1) is 5.86. The van der Waals surface area contributed by atoms with Crippen molar-refractivity contribution in [3.8, 4) is 0 Å². The van der Waals surface area contributed by atoms with Crippen LogP contribution in [0.25, 0.3) is 0 Å². The minimum absolute atomic E-state index is 0. The molecule has 1 heterocycles. The zero-order valence-corrected chi connectivity index (χ0v) is 7.71. The second-order valence-electron chi connectivity index (χ2n) is 3.26. The first kappa shape index (κ1) is 9.92. The van der Waals surface area contributed by atoms with Crippen LogP contribution in [0.3, 0.4) is 0 Å². The van der Waals surface area contributed by atoms with Crippen molar-refractivity contribution in [1.29, 1.82) is 0 Å². The van der Waals surface area contributed by atoms with Gasteiger partial charge in [-0.3, -0.25) is 9.80 Å². The second-order valence-corrected chi connectivity index (χ2v) is 3.26. The Bertz CT molecular complexity index is 101. The average Bonchev–Trinajstić information content (AvgIpc) is 2.09. The van der Waals surface area contributed by atoms with E-state index in [1.165, 1.54) is 0 Å². The fourth-order valence-electron chi connectivity index (χ4n) is 1.60. The molecular formula is C8H22N4. The lowest BCUT2D eigenvalue weighted by molar-refractivity contribution is 0.138. The van der Waals surface area contributed by atoms with Gasteiger partial charge in [-0.25, -0.2) is 0 Å². The molecule has 1 rings (SSSR count). The van der Waals surface area contributed by atoms with Gasteiger partial charge < -0.3 is 11.5 Å². The van der Waals surface area contributed by atoms with Gasteiger partial charge in [0.15, 0.2) is 0 Å². The molecule has 1 aliphatic heterocycles. The number of nitrogens with zero attached hydrogens (tertiary/aromatic N) is 2. The molecule has 0 aliphatic carbocycles. The van der Waals surface area contributed by atoms with Gasteiger partial charge >= 0.3 is 0 Å². The summed E-state index contributed by atoms with van der Waals surface area (Å²) in [7, 11) is 0. The minimum Gasteiger partial charge on any atom is -0.329 e. The summed E-state index contributed by atoms with van der Waals surface area (Å²) in [6.07, 6.45) is 0. The lowest BCUT2D eigenvalue weighted by Gasteiger charge is -2.34. The molecule has 0 aromatic rings. The normalized spacial score (nSPS) is 21.5. The monoisotopic (exact) mass is 174 g/mol. The highest BCUT2D eigenvalue weighted by Gasteiger charge is 2.14. The van der Waals surface area contributed by atoms with Crippen molar-refractivity contribution >= 4 is 0 Å². The van der Waals surface area contributed by atoms with Crippen LogP contribution in [-0.2, 0) is 0 Å². The van der Waals surface area contributed by atoms with Crippen molar-refractivity contribution in [2.24, 2.45) is 11.5 Å². The summed E-state index contributed by atoms with van der Waals surface area (Å²) in [6.45, 7) is 8.23. The first-order valence-electron chi connectivity index (χ1n) is 4.71. The van der Waals surface area contributed by atoms with Crippen LogP contribution in [0.5, 0.6) is 0 Å². The molecule has 4 nitrogen and oxygen atoms in total. The Hall–Kier alpha value is -0.160. The first-order valence-corrected chi connectivity index (χ1v) is 4.71. The standard InChI is InChI=1S/C8H20N4.H2/c9-1-3-11-5-7-12(4-2-10)8-6-11;/h1-10H2;1H. The number of hydrogen-bond donors (Lipinski definition) is 2. The molecule has 0 spiro atoms. The summed E-state index contributed by atoms with van der Waals surface area (Å²) < 4.78 is 0. The van der Waals surface area contributed by atoms with Crippen LogP contribution >= 0.6 is 0 Å². The summed E-state index contributed by atoms with van der Waals surface area (Å²) in [5, 5.41) is 0. The van der Waals surface area contributed by atoms with Crippen LogP contribution in [0.15, 0.2) is 0 Å². The lowest BCUT2D eigenvalue weighted by Crippen LogP contribution is -2.48. The van der Waals surface area contributed by atoms with Crippen molar-refractivity contribution < 1.29 is 1.43 Å². The molecule has 0 amide bonds. The van der Waals surface area contributed by atoms with E-state index in [9.17, 15) is 0 Å². The smallest absolute Gasteiger partial charge is 0.0110 e. The van der Waals surface area contributed by atoms with Crippen LogP contribution in [0.2, 0.25) is 0 Å². The molecule has 1 aliphatic rings. The Balaban J connectivity index is 0.00000144. The number of hydrogen-bond acceptors (Lipinski definition) is 4. The van der Waals surface area contributed by atoms with E-state index in [-0.39, 0.29) is 1.43 Å². The van der Waals surface area contributed by atoms with E-state index in [2.05, 4.69) is 9.80 Å². The second kappa shape index (κ2) is 5.48. The fourth-order valence-corrected chi connectivity index (χ4v) is 1.60. The predicted octanol–water partition coefficient (Wildman–Crippen LogP) is -1.23. The zero-order valence-electron chi connectivity index (χ0n) is 7.71. The Labute approximate surface area is 76.0 Å². The van der Waals surface area contributed by atoms with Crippen LogP contribution in [0, 0.1) is 0 Å². The van der Waals surface area contributed by atoms with Gasteiger partial charge in [0.05, 0.1) is 0 Å². The van der Waals surface area contributed by atoms with E-state index in [4.69, 9.17) is 11.5 Å². The molecule has 0 unspecified atom stereocenters. The molecule has 4 N–H and O–H groups in total. The maximum absolute atomic E-state index is 5.48. The molecule has 4 heteroatoms. The van der Waals surface area contributed by atoms with E-state index in [0.717, 1.165) is 52.4 Å². The molecule has 0 aromatic carbocycles. The molecule has 12 heavy (non-hydrogen) atoms. The SMILES string of the molecule is NCCN1CCN(CCN)CC1.[HH]. The van der Waals surface area contributed by atoms with Crippen molar-refractivity contribution in [2.75, 3.05) is 52.4 Å². The number of piperazine rings is 1. The average molecular weight is 174 g/mol. The van der Waals surface area contributed by atoms with Crippen LogP contribution < -0.4 is 11.5 Å². The number of nitrogens with two attached hydrogens (primary N) is 2. The van der Waals surface area contributed by atoms with Crippen LogP contribution in [-0.4, -0.2) is 62.2 Å². The third kappa shape index (κ3) is 3.06. The van der Waals surface area contributed by atoms with Crippen molar-refractivity contribution in [3.63, 3.8) is 0 Å². The summed E-state index contributed by atoms with van der Waals surface area (Å²) >= 11 is 0. The van der Waals surface area contributed by atoms with Gasteiger partial charge in [-0.15, -0.1) is 0 Å². The van der Waals surface area contributed by atoms with Crippen molar-refractivity contribution in [2.45, 2.75) is 0 Å². The molecule has 74 valence electrons. The van der Waals surface area contributed by atoms with E-state index < -0.39 is 0 Å². The fraction of sp³-hybridized carbons (Fsp3) is 1.00. The van der Waals surface area contributed by atoms with E-state index in [1.807, 2.05) is 0 Å². The summed E-state index contributed by atoms with van der Waals surface area (Å²) in [4.78, 5) is 4.82. The summed E-state index contributed by atoms with van der Waals surface area (Å²) in [5.41, 5.74) is 11.0. The summed E-state index contributed by atoms with van der Waals surface area (Å²) in [6, 6.07) is 0. The molecule has 0 aromatic heterocycles. The molecule has 1 fully saturated rings. The molecule has 0 bridgehead atoms. The van der Waals surface area contributed by atoms with Gasteiger partial charge in [0.25, 0.3) is 0 Å². The van der Waals surface area contributed by atoms with E-state index >= 15 is 0 Å². The molecular weight excluding hydrogens is 152 g/mol. The highest BCUT2D eigenvalue weighted by Crippen LogP contribution is 1.99. The van der Waals surface area contributed by atoms with E-state index in [1.54, 1.807) is 0 Å². The molecule has 1 saturated heterocycles. The Morgan fingerprint density at radius 1 is 0.833 bits per heavy atom.